The van der Waals surface area contributed by atoms with Crippen molar-refractivity contribution in [3.05, 3.63) is 0 Å². The van der Waals surface area contributed by atoms with Crippen LogP contribution in [0.25, 0.3) is 0 Å². The van der Waals surface area contributed by atoms with Crippen LogP contribution in [0.15, 0.2) is 0 Å². The molecule has 4 heteroatoms. The average molecular weight is 258 g/mol. The number of carboxylic acid groups (broad SMARTS) is 2. The maximum absolute atomic E-state index is 10.4. The van der Waals surface area contributed by atoms with E-state index in [1.807, 2.05) is 0 Å². The molecule has 2 N–H and O–H groups in total. The molecule has 0 aliphatic carbocycles. The molecule has 106 valence electrons. The molecule has 0 aliphatic heterocycles. The van der Waals surface area contributed by atoms with Gasteiger partial charge < -0.3 is 10.2 Å². The molecule has 0 saturated carbocycles. The second-order valence-corrected chi connectivity index (χ2v) is 5.36. The number of carbonyl (C=O) groups is 2. The number of aliphatic carboxylic acids is 2. The van der Waals surface area contributed by atoms with Crippen LogP contribution < -0.4 is 0 Å². The minimum Gasteiger partial charge on any atom is -0.481 e. The molecule has 0 aromatic carbocycles. The predicted molar refractivity (Wildman–Crippen MR) is 70.5 cm³/mol. The van der Waals surface area contributed by atoms with Crippen molar-refractivity contribution in [2.45, 2.75) is 65.2 Å². The third-order valence-electron chi connectivity index (χ3n) is 3.35. The highest BCUT2D eigenvalue weighted by Gasteiger charge is 2.07. The summed E-state index contributed by atoms with van der Waals surface area (Å²) in [5.74, 6) is -0.501. The van der Waals surface area contributed by atoms with Crippen molar-refractivity contribution in [1.29, 1.82) is 0 Å². The predicted octanol–water partition coefficient (Wildman–Crippen LogP) is 3.55. The molecule has 0 spiro atoms. The second kappa shape index (κ2) is 9.92. The molecule has 0 aromatic heterocycles. The van der Waals surface area contributed by atoms with Crippen molar-refractivity contribution in [2.75, 3.05) is 0 Å². The highest BCUT2D eigenvalue weighted by molar-refractivity contribution is 5.66. The van der Waals surface area contributed by atoms with Crippen molar-refractivity contribution >= 4 is 11.9 Å². The number of rotatable bonds is 11. The van der Waals surface area contributed by atoms with E-state index in [0.717, 1.165) is 38.5 Å². The molecule has 0 rings (SSSR count). The van der Waals surface area contributed by atoms with Gasteiger partial charge in [-0.05, 0) is 24.7 Å². The normalized spacial score (nSPS) is 14.1. The maximum Gasteiger partial charge on any atom is 0.303 e. The highest BCUT2D eigenvalue weighted by Crippen LogP contribution is 2.18. The van der Waals surface area contributed by atoms with Gasteiger partial charge in [0.05, 0.1) is 0 Å². The summed E-state index contributed by atoms with van der Waals surface area (Å²) < 4.78 is 0. The van der Waals surface area contributed by atoms with Crippen molar-refractivity contribution in [3.8, 4) is 0 Å². The van der Waals surface area contributed by atoms with Crippen LogP contribution in [0, 0.1) is 11.8 Å². The first-order valence-electron chi connectivity index (χ1n) is 6.85. The van der Waals surface area contributed by atoms with Crippen LogP contribution in [-0.4, -0.2) is 22.2 Å². The SMILES string of the molecule is CC(CCCCC(C)CCC(=O)O)CCC(=O)O. The van der Waals surface area contributed by atoms with Gasteiger partial charge in [-0.3, -0.25) is 9.59 Å². The number of carboxylic acids is 2. The summed E-state index contributed by atoms with van der Waals surface area (Å²) in [7, 11) is 0. The fourth-order valence-corrected chi connectivity index (χ4v) is 2.01. The fraction of sp³-hybridized carbons (Fsp3) is 0.857. The van der Waals surface area contributed by atoms with Crippen LogP contribution in [0.3, 0.4) is 0 Å². The fourth-order valence-electron chi connectivity index (χ4n) is 2.01. The molecular formula is C14H26O4. The van der Waals surface area contributed by atoms with E-state index < -0.39 is 11.9 Å². The number of hydrogen-bond acceptors (Lipinski definition) is 2. The summed E-state index contributed by atoms with van der Waals surface area (Å²) in [6.45, 7) is 4.19. The van der Waals surface area contributed by atoms with Gasteiger partial charge in [-0.2, -0.15) is 0 Å². The van der Waals surface area contributed by atoms with Crippen LogP contribution in [0.4, 0.5) is 0 Å². The lowest BCUT2D eigenvalue weighted by Crippen LogP contribution is -2.03. The van der Waals surface area contributed by atoms with Crippen molar-refractivity contribution in [2.24, 2.45) is 11.8 Å². The molecule has 0 aliphatic rings. The molecular weight excluding hydrogens is 232 g/mol. The minimum absolute atomic E-state index is 0.260. The topological polar surface area (TPSA) is 74.6 Å². The van der Waals surface area contributed by atoms with Crippen molar-refractivity contribution < 1.29 is 19.8 Å². The molecule has 2 unspecified atom stereocenters. The van der Waals surface area contributed by atoms with E-state index in [-0.39, 0.29) is 12.8 Å². The zero-order valence-electron chi connectivity index (χ0n) is 11.5. The Labute approximate surface area is 109 Å². The Balaban J connectivity index is 3.43. The molecule has 0 bridgehead atoms. The summed E-state index contributed by atoms with van der Waals surface area (Å²) in [6, 6.07) is 0. The van der Waals surface area contributed by atoms with E-state index in [4.69, 9.17) is 10.2 Å². The van der Waals surface area contributed by atoms with E-state index in [2.05, 4.69) is 13.8 Å². The second-order valence-electron chi connectivity index (χ2n) is 5.36. The first-order chi connectivity index (χ1) is 8.41. The molecule has 4 nitrogen and oxygen atoms in total. The van der Waals surface area contributed by atoms with Crippen LogP contribution in [0.1, 0.15) is 65.2 Å². The van der Waals surface area contributed by atoms with Crippen LogP contribution in [-0.2, 0) is 9.59 Å². The summed E-state index contributed by atoms with van der Waals surface area (Å²) in [4.78, 5) is 20.8. The lowest BCUT2D eigenvalue weighted by molar-refractivity contribution is -0.138. The van der Waals surface area contributed by atoms with Crippen LogP contribution in [0.2, 0.25) is 0 Å². The first-order valence-corrected chi connectivity index (χ1v) is 6.85. The van der Waals surface area contributed by atoms with E-state index in [9.17, 15) is 9.59 Å². The molecule has 18 heavy (non-hydrogen) atoms. The molecule has 0 radical (unpaired) electrons. The Bertz CT molecular complexity index is 224. The first kappa shape index (κ1) is 16.9. The lowest BCUT2D eigenvalue weighted by atomic mass is 9.94. The molecule has 0 amide bonds. The Kier molecular flexibility index (Phi) is 9.33. The summed E-state index contributed by atoms with van der Waals surface area (Å²) >= 11 is 0. The van der Waals surface area contributed by atoms with Gasteiger partial charge in [-0.1, -0.05) is 39.5 Å². The van der Waals surface area contributed by atoms with Gasteiger partial charge in [0.2, 0.25) is 0 Å². The third-order valence-corrected chi connectivity index (χ3v) is 3.35. The lowest BCUT2D eigenvalue weighted by Gasteiger charge is -2.12. The molecule has 0 aromatic rings. The van der Waals surface area contributed by atoms with Gasteiger partial charge in [0.15, 0.2) is 0 Å². The molecule has 0 fully saturated rings. The Morgan fingerprint density at radius 2 is 1.11 bits per heavy atom. The molecule has 2 atom stereocenters. The van der Waals surface area contributed by atoms with E-state index in [0.29, 0.717) is 11.8 Å². The highest BCUT2D eigenvalue weighted by atomic mass is 16.4. The van der Waals surface area contributed by atoms with Gasteiger partial charge in [-0.15, -0.1) is 0 Å². The van der Waals surface area contributed by atoms with Gasteiger partial charge in [-0.25, -0.2) is 0 Å². The number of unbranched alkanes of at least 4 members (excludes halogenated alkanes) is 1. The Morgan fingerprint density at radius 1 is 0.778 bits per heavy atom. The zero-order valence-corrected chi connectivity index (χ0v) is 11.5. The quantitative estimate of drug-likeness (QED) is 0.556. The van der Waals surface area contributed by atoms with Gasteiger partial charge in [0.1, 0.15) is 0 Å². The van der Waals surface area contributed by atoms with Crippen molar-refractivity contribution in [3.63, 3.8) is 0 Å². The Hall–Kier alpha value is -1.06. The van der Waals surface area contributed by atoms with Crippen LogP contribution >= 0.6 is 0 Å². The van der Waals surface area contributed by atoms with E-state index in [1.165, 1.54) is 0 Å². The zero-order chi connectivity index (χ0) is 14.0. The number of hydrogen-bond donors (Lipinski definition) is 2. The van der Waals surface area contributed by atoms with Gasteiger partial charge in [0, 0.05) is 12.8 Å². The van der Waals surface area contributed by atoms with E-state index in [1.54, 1.807) is 0 Å². The van der Waals surface area contributed by atoms with Crippen LogP contribution in [0.5, 0.6) is 0 Å². The maximum atomic E-state index is 10.4. The van der Waals surface area contributed by atoms with Gasteiger partial charge >= 0.3 is 11.9 Å². The van der Waals surface area contributed by atoms with Crippen molar-refractivity contribution in [1.82, 2.24) is 0 Å². The minimum atomic E-state index is -0.718. The largest absolute Gasteiger partial charge is 0.481 e. The summed E-state index contributed by atoms with van der Waals surface area (Å²) in [5.41, 5.74) is 0. The average Bonchev–Trinajstić information content (AvgIpc) is 2.29. The van der Waals surface area contributed by atoms with E-state index >= 15 is 0 Å². The molecule has 0 saturated heterocycles. The summed E-state index contributed by atoms with van der Waals surface area (Å²) in [5, 5.41) is 17.1. The molecule has 0 heterocycles. The monoisotopic (exact) mass is 258 g/mol. The summed E-state index contributed by atoms with van der Waals surface area (Å²) in [6.07, 6.45) is 6.38. The Morgan fingerprint density at radius 3 is 1.39 bits per heavy atom. The standard InChI is InChI=1S/C14H26O4/c1-11(7-9-13(15)16)5-3-4-6-12(2)8-10-14(17)18/h11-12H,3-10H2,1-2H3,(H,15,16)(H,17,18). The third kappa shape index (κ3) is 11.4. The van der Waals surface area contributed by atoms with Gasteiger partial charge in [0.25, 0.3) is 0 Å². The smallest absolute Gasteiger partial charge is 0.303 e.